The molecular formula is C18H18N4O2S. The van der Waals surface area contributed by atoms with E-state index in [4.69, 9.17) is 4.74 Å². The van der Waals surface area contributed by atoms with E-state index in [1.807, 2.05) is 44.2 Å². The van der Waals surface area contributed by atoms with E-state index in [0.29, 0.717) is 29.2 Å². The number of nitrogens with one attached hydrogen (secondary N) is 2. The largest absolute Gasteiger partial charge is 0.370 e. The van der Waals surface area contributed by atoms with Crippen molar-refractivity contribution in [1.29, 1.82) is 0 Å². The van der Waals surface area contributed by atoms with Crippen LogP contribution in [0.15, 0.2) is 40.2 Å². The molecule has 6 nitrogen and oxygen atoms in total. The Bertz CT molecular complexity index is 1010. The van der Waals surface area contributed by atoms with Gasteiger partial charge in [-0.3, -0.25) is 9.78 Å². The molecule has 0 saturated carbocycles. The molecular weight excluding hydrogens is 336 g/mol. The summed E-state index contributed by atoms with van der Waals surface area (Å²) >= 11 is 1.51. The zero-order valence-electron chi connectivity index (χ0n) is 14.0. The fourth-order valence-corrected chi connectivity index (χ4v) is 4.02. The Balaban J connectivity index is 1.65. The predicted molar refractivity (Wildman–Crippen MR) is 100 cm³/mol. The van der Waals surface area contributed by atoms with Crippen LogP contribution in [0.1, 0.15) is 29.9 Å². The van der Waals surface area contributed by atoms with Gasteiger partial charge in [0.15, 0.2) is 0 Å². The molecule has 0 spiro atoms. The van der Waals surface area contributed by atoms with E-state index in [2.05, 4.69) is 20.5 Å². The number of hydrogen-bond donors (Lipinski definition) is 2. The molecule has 2 aromatic heterocycles. The molecule has 1 aliphatic rings. The van der Waals surface area contributed by atoms with Gasteiger partial charge in [-0.15, -0.1) is 11.3 Å². The highest BCUT2D eigenvalue weighted by molar-refractivity contribution is 7.18. The number of hydrogen-bond acceptors (Lipinski definition) is 6. The molecule has 1 aliphatic heterocycles. The van der Waals surface area contributed by atoms with Gasteiger partial charge in [-0.2, -0.15) is 5.10 Å². The number of benzene rings is 1. The molecule has 0 fully saturated rings. The summed E-state index contributed by atoms with van der Waals surface area (Å²) in [5.41, 5.74) is 4.42. The predicted octanol–water partition coefficient (Wildman–Crippen LogP) is 3.28. The highest BCUT2D eigenvalue weighted by Gasteiger charge is 2.30. The minimum atomic E-state index is -0.260. The number of aromatic nitrogens is 2. The molecule has 0 atom stereocenters. The van der Waals surface area contributed by atoms with Gasteiger partial charge in [0, 0.05) is 11.3 Å². The summed E-state index contributed by atoms with van der Waals surface area (Å²) < 4.78 is 5.84. The van der Waals surface area contributed by atoms with E-state index in [0.717, 1.165) is 16.0 Å². The smallest absolute Gasteiger partial charge is 0.261 e. The molecule has 3 aromatic rings. The lowest BCUT2D eigenvalue weighted by molar-refractivity contribution is -0.0379. The minimum Gasteiger partial charge on any atom is -0.370 e. The summed E-state index contributed by atoms with van der Waals surface area (Å²) in [7, 11) is 0. The number of fused-ring (bicyclic) bond motifs is 3. The molecule has 0 saturated heterocycles. The van der Waals surface area contributed by atoms with Gasteiger partial charge in [0.25, 0.3) is 5.56 Å². The van der Waals surface area contributed by atoms with Crippen molar-refractivity contribution >= 4 is 33.7 Å². The van der Waals surface area contributed by atoms with Crippen LogP contribution >= 0.6 is 11.3 Å². The van der Waals surface area contributed by atoms with Crippen molar-refractivity contribution in [3.63, 3.8) is 0 Å². The van der Waals surface area contributed by atoms with Crippen LogP contribution in [0.5, 0.6) is 0 Å². The summed E-state index contributed by atoms with van der Waals surface area (Å²) in [6, 6.07) is 9.71. The molecule has 0 amide bonds. The summed E-state index contributed by atoms with van der Waals surface area (Å²) in [6.45, 7) is 4.60. The van der Waals surface area contributed by atoms with Crippen LogP contribution in [0, 0.1) is 0 Å². The molecule has 128 valence electrons. The number of aromatic amines is 1. The number of anilines is 1. The molecule has 4 rings (SSSR count). The van der Waals surface area contributed by atoms with Crippen molar-refractivity contribution in [3.05, 3.63) is 56.7 Å². The van der Waals surface area contributed by atoms with Crippen LogP contribution in [-0.4, -0.2) is 21.8 Å². The fourth-order valence-electron chi connectivity index (χ4n) is 2.91. The van der Waals surface area contributed by atoms with Gasteiger partial charge in [0.05, 0.1) is 23.8 Å². The zero-order valence-corrected chi connectivity index (χ0v) is 14.8. The Morgan fingerprint density at radius 2 is 2.16 bits per heavy atom. The Labute approximate surface area is 148 Å². The van der Waals surface area contributed by atoms with Crippen molar-refractivity contribution in [1.82, 2.24) is 9.97 Å². The van der Waals surface area contributed by atoms with Crippen molar-refractivity contribution < 1.29 is 4.74 Å². The van der Waals surface area contributed by atoms with Gasteiger partial charge in [-0.25, -0.2) is 10.4 Å². The minimum absolute atomic E-state index is 0.141. The zero-order chi connectivity index (χ0) is 17.4. The van der Waals surface area contributed by atoms with Crippen LogP contribution < -0.4 is 11.0 Å². The summed E-state index contributed by atoms with van der Waals surface area (Å²) in [5.74, 6) is 0.337. The highest BCUT2D eigenvalue weighted by atomic mass is 32.1. The lowest BCUT2D eigenvalue weighted by atomic mass is 9.94. The number of nitrogens with zero attached hydrogens (tertiary/aromatic N) is 2. The molecule has 7 heteroatoms. The second-order valence-corrected chi connectivity index (χ2v) is 7.69. The van der Waals surface area contributed by atoms with E-state index < -0.39 is 0 Å². The Morgan fingerprint density at radius 3 is 2.96 bits per heavy atom. The van der Waals surface area contributed by atoms with Gasteiger partial charge in [-0.05, 0) is 25.0 Å². The number of H-pyrrole nitrogens is 1. The van der Waals surface area contributed by atoms with Crippen LogP contribution in [-0.2, 0) is 17.8 Å². The van der Waals surface area contributed by atoms with E-state index in [9.17, 15) is 4.79 Å². The maximum Gasteiger partial charge on any atom is 0.261 e. The van der Waals surface area contributed by atoms with E-state index in [1.165, 1.54) is 11.3 Å². The monoisotopic (exact) mass is 354 g/mol. The van der Waals surface area contributed by atoms with Crippen molar-refractivity contribution in [3.8, 4) is 0 Å². The molecule has 25 heavy (non-hydrogen) atoms. The molecule has 0 radical (unpaired) electrons. The molecule has 0 bridgehead atoms. The first-order chi connectivity index (χ1) is 12.0. The summed E-state index contributed by atoms with van der Waals surface area (Å²) in [5, 5.41) is 4.81. The number of hydrazone groups is 1. The Morgan fingerprint density at radius 1 is 1.36 bits per heavy atom. The standard InChI is InChI=1S/C18H18N4O2S/c1-18(2)8-12-13(10-24-18)25-16-14(12)15(23)20-17(21-16)22-19-9-11-6-4-3-5-7-11/h3-7,9H,8,10H2,1-2H3,(H2,20,21,22,23)/b19-9-. The van der Waals surface area contributed by atoms with Gasteiger partial charge in [0.1, 0.15) is 4.83 Å². The second kappa shape index (κ2) is 6.09. The van der Waals surface area contributed by atoms with Crippen molar-refractivity contribution in [2.24, 2.45) is 5.10 Å². The average Bonchev–Trinajstić information content (AvgIpc) is 2.92. The maximum atomic E-state index is 12.6. The Hall–Kier alpha value is -2.51. The summed E-state index contributed by atoms with van der Waals surface area (Å²) in [6.07, 6.45) is 2.39. The van der Waals surface area contributed by atoms with E-state index in [1.54, 1.807) is 6.21 Å². The van der Waals surface area contributed by atoms with Gasteiger partial charge < -0.3 is 4.74 Å². The fraction of sp³-hybridized carbons (Fsp3) is 0.278. The lowest BCUT2D eigenvalue weighted by Crippen LogP contribution is -2.31. The lowest BCUT2D eigenvalue weighted by Gasteiger charge is -2.29. The molecule has 2 N–H and O–H groups in total. The van der Waals surface area contributed by atoms with Crippen LogP contribution in [0.2, 0.25) is 0 Å². The molecule has 1 aromatic carbocycles. The first-order valence-electron chi connectivity index (χ1n) is 8.04. The van der Waals surface area contributed by atoms with Crippen LogP contribution in [0.3, 0.4) is 0 Å². The van der Waals surface area contributed by atoms with Crippen molar-refractivity contribution in [2.45, 2.75) is 32.5 Å². The van der Waals surface area contributed by atoms with E-state index in [-0.39, 0.29) is 11.2 Å². The number of rotatable bonds is 3. The summed E-state index contributed by atoms with van der Waals surface area (Å²) in [4.78, 5) is 21.6. The highest BCUT2D eigenvalue weighted by Crippen LogP contribution is 2.36. The second-order valence-electron chi connectivity index (χ2n) is 6.60. The third kappa shape index (κ3) is 3.20. The molecule has 3 heterocycles. The third-order valence-electron chi connectivity index (χ3n) is 4.12. The van der Waals surface area contributed by atoms with Crippen molar-refractivity contribution in [2.75, 3.05) is 5.43 Å². The van der Waals surface area contributed by atoms with Crippen LogP contribution in [0.4, 0.5) is 5.95 Å². The number of thiophene rings is 1. The maximum absolute atomic E-state index is 12.6. The Kier molecular flexibility index (Phi) is 3.89. The van der Waals surface area contributed by atoms with Gasteiger partial charge >= 0.3 is 0 Å². The molecule has 0 unspecified atom stereocenters. The van der Waals surface area contributed by atoms with Gasteiger partial charge in [0.2, 0.25) is 5.95 Å². The van der Waals surface area contributed by atoms with Crippen LogP contribution in [0.25, 0.3) is 10.2 Å². The number of ether oxygens (including phenoxy) is 1. The quantitative estimate of drug-likeness (QED) is 0.559. The molecule has 0 aliphatic carbocycles. The first kappa shape index (κ1) is 16.0. The normalized spacial score (nSPS) is 16.2. The van der Waals surface area contributed by atoms with Gasteiger partial charge in [-0.1, -0.05) is 30.3 Å². The average molecular weight is 354 g/mol. The van der Waals surface area contributed by atoms with E-state index >= 15 is 0 Å². The SMILES string of the molecule is CC1(C)Cc2c(sc3nc(N/N=C\c4ccccc4)[nH]c(=O)c23)CO1. The topological polar surface area (TPSA) is 79.4 Å². The third-order valence-corrected chi connectivity index (χ3v) is 5.22. The first-order valence-corrected chi connectivity index (χ1v) is 8.86.